The first-order valence-electron chi connectivity index (χ1n) is 12.1. The van der Waals surface area contributed by atoms with Crippen LogP contribution in [0.4, 0.5) is 8.78 Å². The van der Waals surface area contributed by atoms with Gasteiger partial charge in [0.25, 0.3) is 10.5 Å². The minimum absolute atomic E-state index is 0.0574. The Labute approximate surface area is 259 Å². The van der Waals surface area contributed by atoms with Gasteiger partial charge in [-0.3, -0.25) is 9.59 Å². The molecule has 1 aliphatic carbocycles. The lowest BCUT2D eigenvalue weighted by molar-refractivity contribution is 0.107. The number of carbonyl (C=O) groups excluding carboxylic acids is 2. The van der Waals surface area contributed by atoms with Crippen molar-refractivity contribution < 1.29 is 18.4 Å². The standard InChI is InChI=1S/C32H17Cl5F2O2/c33-24-16-22(38)13-14-23(24)32(37)28(34)26(18-9-11-19(12-10-18)30(35)40)25(20-7-4-8-21(15-20)31(36)41)27(29(32)39)17-5-2-1-3-6-17/h1-16,28H. The summed E-state index contributed by atoms with van der Waals surface area (Å²) in [4.78, 5) is 21.8. The first kappa shape index (κ1) is 29.5. The summed E-state index contributed by atoms with van der Waals surface area (Å²) in [6, 6.07) is 24.8. The van der Waals surface area contributed by atoms with Gasteiger partial charge in [-0.05, 0) is 81.4 Å². The van der Waals surface area contributed by atoms with Gasteiger partial charge in [-0.25, -0.2) is 8.78 Å². The Hall–Kier alpha value is -2.99. The average Bonchev–Trinajstić information content (AvgIpc) is 2.96. The van der Waals surface area contributed by atoms with Crippen molar-refractivity contribution in [3.8, 4) is 0 Å². The molecule has 0 radical (unpaired) electrons. The van der Waals surface area contributed by atoms with E-state index in [0.29, 0.717) is 27.8 Å². The molecule has 0 amide bonds. The van der Waals surface area contributed by atoms with E-state index in [4.69, 9.17) is 58.0 Å². The number of hydrogen-bond acceptors (Lipinski definition) is 2. The Kier molecular flexibility index (Phi) is 8.43. The monoisotopic (exact) mass is 646 g/mol. The Morgan fingerprint density at radius 1 is 0.683 bits per heavy atom. The molecule has 2 unspecified atom stereocenters. The van der Waals surface area contributed by atoms with Gasteiger partial charge in [-0.15, -0.1) is 23.2 Å². The molecule has 0 fully saturated rings. The van der Waals surface area contributed by atoms with Crippen molar-refractivity contribution in [1.82, 2.24) is 0 Å². The summed E-state index contributed by atoms with van der Waals surface area (Å²) in [5, 5.41) is -2.80. The second-order valence-corrected chi connectivity index (χ2v) is 11.4. The minimum atomic E-state index is -2.09. The summed E-state index contributed by atoms with van der Waals surface area (Å²) in [5.41, 5.74) is 2.66. The van der Waals surface area contributed by atoms with Crippen LogP contribution in [-0.4, -0.2) is 15.9 Å². The van der Waals surface area contributed by atoms with Gasteiger partial charge in [0.1, 0.15) is 16.5 Å². The number of rotatable bonds is 6. The molecule has 0 aromatic heterocycles. The van der Waals surface area contributed by atoms with E-state index in [-0.39, 0.29) is 27.3 Å². The van der Waals surface area contributed by atoms with E-state index < -0.39 is 32.4 Å². The maximum atomic E-state index is 17.2. The van der Waals surface area contributed by atoms with Crippen LogP contribution in [0, 0.1) is 5.82 Å². The van der Waals surface area contributed by atoms with Gasteiger partial charge in [-0.1, -0.05) is 78.3 Å². The van der Waals surface area contributed by atoms with Crippen molar-refractivity contribution in [2.75, 3.05) is 0 Å². The van der Waals surface area contributed by atoms with Crippen LogP contribution in [0.5, 0.6) is 0 Å². The summed E-state index contributed by atoms with van der Waals surface area (Å²) in [5.74, 6) is -1.46. The normalized spacial score (nSPS) is 19.0. The maximum Gasteiger partial charge on any atom is 0.252 e. The van der Waals surface area contributed by atoms with E-state index in [0.717, 1.165) is 12.1 Å². The molecular weight excluding hydrogens is 632 g/mol. The van der Waals surface area contributed by atoms with E-state index in [2.05, 4.69) is 0 Å². The highest BCUT2D eigenvalue weighted by atomic mass is 35.5. The Bertz CT molecular complexity index is 1750. The smallest absolute Gasteiger partial charge is 0.252 e. The molecule has 9 heteroatoms. The van der Waals surface area contributed by atoms with Crippen LogP contribution in [-0.2, 0) is 4.87 Å². The Balaban J connectivity index is 1.93. The van der Waals surface area contributed by atoms with Gasteiger partial charge in [0.15, 0.2) is 0 Å². The van der Waals surface area contributed by atoms with Crippen LogP contribution in [0.15, 0.2) is 103 Å². The summed E-state index contributed by atoms with van der Waals surface area (Å²) >= 11 is 32.3. The lowest BCUT2D eigenvalue weighted by Crippen LogP contribution is -2.36. The lowest BCUT2D eigenvalue weighted by Gasteiger charge is -2.40. The highest BCUT2D eigenvalue weighted by Gasteiger charge is 2.51. The Morgan fingerprint density at radius 3 is 1.93 bits per heavy atom. The molecule has 0 N–H and O–H groups in total. The average molecular weight is 649 g/mol. The van der Waals surface area contributed by atoms with Gasteiger partial charge < -0.3 is 0 Å². The topological polar surface area (TPSA) is 34.1 Å². The molecule has 2 atom stereocenters. The highest BCUT2D eigenvalue weighted by molar-refractivity contribution is 6.68. The second kappa shape index (κ2) is 11.7. The van der Waals surface area contributed by atoms with Crippen molar-refractivity contribution in [1.29, 1.82) is 0 Å². The van der Waals surface area contributed by atoms with E-state index in [1.165, 1.54) is 30.3 Å². The van der Waals surface area contributed by atoms with E-state index in [9.17, 15) is 14.0 Å². The van der Waals surface area contributed by atoms with Crippen LogP contribution in [0.25, 0.3) is 16.7 Å². The summed E-state index contributed by atoms with van der Waals surface area (Å²) in [6.45, 7) is 0. The molecule has 4 aromatic carbocycles. The first-order valence-corrected chi connectivity index (χ1v) is 14.1. The first-order chi connectivity index (χ1) is 19.5. The van der Waals surface area contributed by atoms with Crippen LogP contribution in [0.1, 0.15) is 43.0 Å². The molecule has 0 aliphatic heterocycles. The predicted molar refractivity (Wildman–Crippen MR) is 163 cm³/mol. The van der Waals surface area contributed by atoms with Crippen molar-refractivity contribution in [2.45, 2.75) is 10.3 Å². The largest absolute Gasteiger partial charge is 0.276 e. The second-order valence-electron chi connectivity index (χ2n) is 9.25. The fourth-order valence-electron chi connectivity index (χ4n) is 4.95. The van der Waals surface area contributed by atoms with Crippen LogP contribution in [0.3, 0.4) is 0 Å². The Morgan fingerprint density at radius 2 is 1.32 bits per heavy atom. The van der Waals surface area contributed by atoms with Gasteiger partial charge >= 0.3 is 0 Å². The molecule has 206 valence electrons. The molecule has 0 spiro atoms. The van der Waals surface area contributed by atoms with Crippen molar-refractivity contribution in [3.63, 3.8) is 0 Å². The zero-order valence-corrected chi connectivity index (χ0v) is 24.6. The molecule has 5 rings (SSSR count). The van der Waals surface area contributed by atoms with Crippen LogP contribution < -0.4 is 0 Å². The van der Waals surface area contributed by atoms with Crippen molar-refractivity contribution in [3.05, 3.63) is 147 Å². The number of hydrogen-bond donors (Lipinski definition) is 0. The highest BCUT2D eigenvalue weighted by Crippen LogP contribution is 2.59. The molecule has 4 aromatic rings. The van der Waals surface area contributed by atoms with Crippen molar-refractivity contribution >= 4 is 85.2 Å². The predicted octanol–water partition coefficient (Wildman–Crippen LogP) is 10.3. The quantitative estimate of drug-likeness (QED) is 0.154. The van der Waals surface area contributed by atoms with Gasteiger partial charge in [0, 0.05) is 27.3 Å². The number of alkyl halides is 2. The third-order valence-corrected chi connectivity index (χ3v) is 8.84. The van der Waals surface area contributed by atoms with Gasteiger partial charge in [0.2, 0.25) is 0 Å². The van der Waals surface area contributed by atoms with E-state index in [1.807, 2.05) is 0 Å². The molecule has 41 heavy (non-hydrogen) atoms. The van der Waals surface area contributed by atoms with Gasteiger partial charge in [0.05, 0.1) is 5.38 Å². The molecule has 0 heterocycles. The molecular formula is C32H17Cl5F2O2. The number of allylic oxidation sites excluding steroid dienone is 4. The molecule has 1 aliphatic rings. The fraction of sp³-hybridized carbons (Fsp3) is 0.0625. The zero-order chi connectivity index (χ0) is 29.5. The lowest BCUT2D eigenvalue weighted by atomic mass is 9.73. The summed E-state index contributed by atoms with van der Waals surface area (Å²) in [7, 11) is 0. The van der Waals surface area contributed by atoms with Crippen LogP contribution in [0.2, 0.25) is 5.02 Å². The summed E-state index contributed by atoms with van der Waals surface area (Å²) in [6.07, 6.45) is 0. The zero-order valence-electron chi connectivity index (χ0n) is 20.8. The molecule has 0 saturated carbocycles. The number of carbonyl (C=O) groups is 2. The van der Waals surface area contributed by atoms with Crippen LogP contribution >= 0.6 is 58.0 Å². The SMILES string of the molecule is O=C(Cl)c1ccc(C2=C(c3cccc(C(=O)Cl)c3)C(c3ccccc3)=C(F)C(Cl)(c3ccc(F)cc3Cl)C2Cl)cc1. The number of benzene rings is 4. The third kappa shape index (κ3) is 5.36. The minimum Gasteiger partial charge on any atom is -0.276 e. The summed E-state index contributed by atoms with van der Waals surface area (Å²) < 4.78 is 31.2. The van der Waals surface area contributed by atoms with E-state index in [1.54, 1.807) is 54.6 Å². The molecule has 0 saturated heterocycles. The molecule has 2 nitrogen and oxygen atoms in total. The molecule has 0 bridgehead atoms. The van der Waals surface area contributed by atoms with E-state index >= 15 is 4.39 Å². The third-order valence-electron chi connectivity index (χ3n) is 6.85. The van der Waals surface area contributed by atoms with Gasteiger partial charge in [-0.2, -0.15) is 0 Å². The maximum absolute atomic E-state index is 17.2. The fourth-order valence-corrected chi connectivity index (χ4v) is 6.37. The number of halogens is 7. The van der Waals surface area contributed by atoms with Crippen molar-refractivity contribution in [2.24, 2.45) is 0 Å².